The number of amides is 2. The molecule has 0 saturated carbocycles. The number of hydrogen-bond acceptors (Lipinski definition) is 5. The molecule has 0 spiro atoms. The summed E-state index contributed by atoms with van der Waals surface area (Å²) in [7, 11) is 1.73. The number of nitrogens with zero attached hydrogens (tertiary/aromatic N) is 2. The topological polar surface area (TPSA) is 73.9 Å². The van der Waals surface area contributed by atoms with Crippen LogP contribution in [0, 0.1) is 6.92 Å². The maximum Gasteiger partial charge on any atom is 0.416 e. The van der Waals surface area contributed by atoms with Crippen molar-refractivity contribution in [2.24, 2.45) is 0 Å². The van der Waals surface area contributed by atoms with E-state index in [2.05, 4.69) is 10.6 Å². The van der Waals surface area contributed by atoms with Gasteiger partial charge in [0.15, 0.2) is 11.5 Å². The summed E-state index contributed by atoms with van der Waals surface area (Å²) in [5.74, 6) is 0.245. The van der Waals surface area contributed by atoms with Crippen LogP contribution in [0.25, 0.3) is 0 Å². The van der Waals surface area contributed by atoms with Crippen LogP contribution >= 0.6 is 0 Å². The van der Waals surface area contributed by atoms with Crippen LogP contribution in [-0.4, -0.2) is 54.8 Å². The summed E-state index contributed by atoms with van der Waals surface area (Å²) < 4.78 is 44.8. The van der Waals surface area contributed by atoms with E-state index in [9.17, 15) is 22.8 Å². The third kappa shape index (κ3) is 4.64. The molecule has 10 heteroatoms. The number of anilines is 2. The lowest BCUT2D eigenvalue weighted by Crippen LogP contribution is -2.51. The van der Waals surface area contributed by atoms with Gasteiger partial charge in [-0.3, -0.25) is 14.5 Å². The van der Waals surface area contributed by atoms with E-state index in [4.69, 9.17) is 4.74 Å². The highest BCUT2D eigenvalue weighted by atomic mass is 19.4. The van der Waals surface area contributed by atoms with Gasteiger partial charge in [0.1, 0.15) is 0 Å². The number of carbonyl (C=O) groups is 2. The highest BCUT2D eigenvalue weighted by molar-refractivity contribution is 5.82. The zero-order valence-electron chi connectivity index (χ0n) is 17.7. The first-order valence-corrected chi connectivity index (χ1v) is 10.1. The van der Waals surface area contributed by atoms with E-state index in [1.807, 2.05) is 13.0 Å². The van der Waals surface area contributed by atoms with Crippen molar-refractivity contribution in [1.82, 2.24) is 15.1 Å². The molecule has 1 saturated heterocycles. The molecule has 2 aliphatic rings. The molecule has 0 aromatic heterocycles. The van der Waals surface area contributed by atoms with E-state index in [-0.39, 0.29) is 37.2 Å². The largest absolute Gasteiger partial charge is 0.453 e. The molecule has 0 bridgehead atoms. The van der Waals surface area contributed by atoms with Crippen LogP contribution in [0.5, 0.6) is 11.5 Å². The Labute approximate surface area is 183 Å². The van der Waals surface area contributed by atoms with E-state index in [0.29, 0.717) is 30.2 Å². The second-order valence-electron chi connectivity index (χ2n) is 8.01. The van der Waals surface area contributed by atoms with Gasteiger partial charge < -0.3 is 20.3 Å². The summed E-state index contributed by atoms with van der Waals surface area (Å²) in [5, 5.41) is 5.93. The molecule has 32 heavy (non-hydrogen) atoms. The number of aryl methyl sites for hydroxylation is 1. The van der Waals surface area contributed by atoms with Gasteiger partial charge in [-0.05, 0) is 48.4 Å². The summed E-state index contributed by atoms with van der Waals surface area (Å²) >= 11 is 0. The zero-order valence-corrected chi connectivity index (χ0v) is 17.7. The summed E-state index contributed by atoms with van der Waals surface area (Å²) in [6.45, 7) is 3.66. The van der Waals surface area contributed by atoms with Gasteiger partial charge in [0.05, 0.1) is 30.0 Å². The molecule has 0 radical (unpaired) electrons. The molecule has 170 valence electrons. The van der Waals surface area contributed by atoms with Crippen molar-refractivity contribution < 1.29 is 27.5 Å². The van der Waals surface area contributed by atoms with Gasteiger partial charge in [0.25, 0.3) is 0 Å². The number of rotatable bonds is 4. The molecular weight excluding hydrogens is 425 g/mol. The number of alkyl halides is 3. The molecule has 2 aromatic carbocycles. The summed E-state index contributed by atoms with van der Waals surface area (Å²) in [6, 6.07) is 6.85. The number of piperazine rings is 1. The molecule has 1 fully saturated rings. The first-order valence-electron chi connectivity index (χ1n) is 10.1. The van der Waals surface area contributed by atoms with Gasteiger partial charge >= 0.3 is 6.18 Å². The van der Waals surface area contributed by atoms with Crippen molar-refractivity contribution in [2.45, 2.75) is 19.6 Å². The third-order valence-electron chi connectivity index (χ3n) is 5.62. The standard InChI is InChI=1S/C22H23F3N4O3/c1-13-7-17-18(32-19-9-15(22(23,24)25)3-4-16(19)27-17)8-14(13)10-26-20(30)11-29-6-5-28(2)21(31)12-29/h3-4,7-9,27H,5-6,10-12H2,1-2H3,(H,26,30). The average molecular weight is 448 g/mol. The second kappa shape index (κ2) is 8.34. The fourth-order valence-electron chi connectivity index (χ4n) is 3.65. The molecule has 4 rings (SSSR count). The summed E-state index contributed by atoms with van der Waals surface area (Å²) in [4.78, 5) is 27.5. The Balaban J connectivity index is 1.42. The van der Waals surface area contributed by atoms with Gasteiger partial charge in [-0.1, -0.05) is 0 Å². The van der Waals surface area contributed by atoms with E-state index in [1.165, 1.54) is 6.07 Å². The number of carbonyl (C=O) groups excluding carboxylic acids is 2. The minimum atomic E-state index is -4.46. The molecule has 7 nitrogen and oxygen atoms in total. The van der Waals surface area contributed by atoms with Crippen LogP contribution in [0.3, 0.4) is 0 Å². The Morgan fingerprint density at radius 3 is 2.62 bits per heavy atom. The van der Waals surface area contributed by atoms with Crippen molar-refractivity contribution >= 4 is 23.2 Å². The monoisotopic (exact) mass is 448 g/mol. The number of likely N-dealkylation sites (N-methyl/N-ethyl adjacent to an activating group) is 1. The molecule has 0 atom stereocenters. The van der Waals surface area contributed by atoms with Crippen LogP contribution in [0.1, 0.15) is 16.7 Å². The van der Waals surface area contributed by atoms with Crippen LogP contribution in [0.4, 0.5) is 24.5 Å². The van der Waals surface area contributed by atoms with E-state index < -0.39 is 11.7 Å². The zero-order chi connectivity index (χ0) is 23.0. The molecule has 2 aliphatic heterocycles. The van der Waals surface area contributed by atoms with Gasteiger partial charge in [-0.15, -0.1) is 0 Å². The predicted molar refractivity (Wildman–Crippen MR) is 112 cm³/mol. The second-order valence-corrected chi connectivity index (χ2v) is 8.01. The molecule has 0 unspecified atom stereocenters. The highest BCUT2D eigenvalue weighted by Crippen LogP contribution is 2.45. The lowest BCUT2D eigenvalue weighted by atomic mass is 10.0. The number of nitrogens with one attached hydrogen (secondary N) is 2. The third-order valence-corrected chi connectivity index (χ3v) is 5.62. The Morgan fingerprint density at radius 1 is 1.16 bits per heavy atom. The van der Waals surface area contributed by atoms with Crippen molar-refractivity contribution in [2.75, 3.05) is 38.5 Å². The van der Waals surface area contributed by atoms with Crippen molar-refractivity contribution in [3.8, 4) is 11.5 Å². The minimum absolute atomic E-state index is 0.0202. The van der Waals surface area contributed by atoms with E-state index in [1.54, 1.807) is 22.9 Å². The van der Waals surface area contributed by atoms with Gasteiger partial charge in [-0.25, -0.2) is 0 Å². The van der Waals surface area contributed by atoms with Crippen molar-refractivity contribution in [3.63, 3.8) is 0 Å². The Hall–Kier alpha value is -3.27. The summed E-state index contributed by atoms with van der Waals surface area (Å²) in [6.07, 6.45) is -4.46. The first-order chi connectivity index (χ1) is 15.1. The fraction of sp³-hybridized carbons (Fsp3) is 0.364. The van der Waals surface area contributed by atoms with E-state index >= 15 is 0 Å². The molecule has 2 N–H and O–H groups in total. The smallest absolute Gasteiger partial charge is 0.416 e. The Morgan fingerprint density at radius 2 is 1.91 bits per heavy atom. The Bertz CT molecular complexity index is 1070. The van der Waals surface area contributed by atoms with Crippen molar-refractivity contribution in [3.05, 3.63) is 47.0 Å². The summed E-state index contributed by atoms with van der Waals surface area (Å²) in [5.41, 5.74) is 1.98. The minimum Gasteiger partial charge on any atom is -0.453 e. The van der Waals surface area contributed by atoms with Gasteiger partial charge in [0, 0.05) is 26.7 Å². The van der Waals surface area contributed by atoms with Crippen molar-refractivity contribution in [1.29, 1.82) is 0 Å². The van der Waals surface area contributed by atoms with Gasteiger partial charge in [0.2, 0.25) is 11.8 Å². The molecule has 0 aliphatic carbocycles. The molecular formula is C22H23F3N4O3. The fourth-order valence-corrected chi connectivity index (χ4v) is 3.65. The maximum absolute atomic E-state index is 13.0. The number of benzene rings is 2. The van der Waals surface area contributed by atoms with Gasteiger partial charge in [-0.2, -0.15) is 13.2 Å². The number of ether oxygens (including phenoxy) is 1. The molecule has 2 heterocycles. The van der Waals surface area contributed by atoms with Crippen LogP contribution in [-0.2, 0) is 22.3 Å². The lowest BCUT2D eigenvalue weighted by molar-refractivity contribution is -0.138. The average Bonchev–Trinajstić information content (AvgIpc) is 2.72. The van der Waals surface area contributed by atoms with Crippen LogP contribution in [0.15, 0.2) is 30.3 Å². The molecule has 2 aromatic rings. The maximum atomic E-state index is 13.0. The van der Waals surface area contributed by atoms with Crippen LogP contribution < -0.4 is 15.4 Å². The highest BCUT2D eigenvalue weighted by Gasteiger charge is 2.32. The number of fused-ring (bicyclic) bond motifs is 2. The molecule has 2 amide bonds. The normalized spacial score (nSPS) is 16.0. The first kappa shape index (κ1) is 21.9. The van der Waals surface area contributed by atoms with Crippen LogP contribution in [0.2, 0.25) is 0 Å². The number of halogens is 3. The lowest BCUT2D eigenvalue weighted by Gasteiger charge is -2.31. The Kier molecular flexibility index (Phi) is 5.72. The predicted octanol–water partition coefficient (Wildman–Crippen LogP) is 3.25. The number of hydrogen-bond donors (Lipinski definition) is 2. The quantitative estimate of drug-likeness (QED) is 0.641. The SMILES string of the molecule is Cc1cc2c(cc1CNC(=O)CN1CCN(C)C(=O)C1)Oc1cc(C(F)(F)F)ccc1N2. The van der Waals surface area contributed by atoms with E-state index in [0.717, 1.165) is 23.3 Å².